The minimum Gasteiger partial charge on any atom is -0.480 e. The molecule has 0 aromatic rings. The number of carboxylic acid groups (broad SMARTS) is 1. The van der Waals surface area contributed by atoms with E-state index < -0.39 is 12.0 Å². The summed E-state index contributed by atoms with van der Waals surface area (Å²) in [6.45, 7) is 3.88. The summed E-state index contributed by atoms with van der Waals surface area (Å²) in [4.78, 5) is 10.3. The molecule has 0 amide bonds. The number of nitrogens with two attached hydrogens (primary N) is 1. The molecule has 0 aliphatic heterocycles. The molecule has 0 rings (SSSR count). The molecule has 0 aromatic carbocycles. The van der Waals surface area contributed by atoms with E-state index in [1.165, 1.54) is 0 Å². The summed E-state index contributed by atoms with van der Waals surface area (Å²) in [6.07, 6.45) is 1.87. The normalized spacial score (nSPS) is 16.3. The fourth-order valence-electron chi connectivity index (χ4n) is 0.878. The van der Waals surface area contributed by atoms with Crippen molar-refractivity contribution in [1.82, 2.24) is 0 Å². The van der Waals surface area contributed by atoms with Crippen molar-refractivity contribution in [2.24, 2.45) is 11.7 Å². The smallest absolute Gasteiger partial charge is 0.320 e. The van der Waals surface area contributed by atoms with Gasteiger partial charge in [0.25, 0.3) is 0 Å². The number of hydrogen-bond acceptors (Lipinski definition) is 2. The third-order valence-corrected chi connectivity index (χ3v) is 1.64. The first kappa shape index (κ1) is 9.43. The Morgan fingerprint density at radius 1 is 1.70 bits per heavy atom. The maximum atomic E-state index is 10.3. The number of aliphatic carboxylic acids is 1. The van der Waals surface area contributed by atoms with Crippen molar-refractivity contribution in [2.75, 3.05) is 0 Å². The van der Waals surface area contributed by atoms with Crippen molar-refractivity contribution in [3.63, 3.8) is 0 Å². The molecule has 0 radical (unpaired) electrons. The van der Waals surface area contributed by atoms with Crippen LogP contribution in [0, 0.1) is 5.92 Å². The molecule has 0 saturated heterocycles. The summed E-state index contributed by atoms with van der Waals surface area (Å²) in [5.74, 6) is -0.816. The molecule has 0 unspecified atom stereocenters. The van der Waals surface area contributed by atoms with Crippen LogP contribution in [0.1, 0.15) is 26.7 Å². The maximum Gasteiger partial charge on any atom is 0.320 e. The van der Waals surface area contributed by atoms with Crippen LogP contribution in [0.25, 0.3) is 0 Å². The van der Waals surface area contributed by atoms with Crippen LogP contribution < -0.4 is 5.73 Å². The fourth-order valence-corrected chi connectivity index (χ4v) is 0.878. The van der Waals surface area contributed by atoms with Gasteiger partial charge in [-0.05, 0) is 12.3 Å². The highest BCUT2D eigenvalue weighted by Gasteiger charge is 2.18. The number of carbonyl (C=O) groups is 1. The van der Waals surface area contributed by atoms with Gasteiger partial charge in [0.2, 0.25) is 0 Å². The van der Waals surface area contributed by atoms with Crippen LogP contribution in [0.2, 0.25) is 0 Å². The lowest BCUT2D eigenvalue weighted by atomic mass is 9.98. The van der Waals surface area contributed by atoms with Gasteiger partial charge in [-0.2, -0.15) is 0 Å². The molecular formula is C7H15NO2. The van der Waals surface area contributed by atoms with E-state index in [2.05, 4.69) is 0 Å². The largest absolute Gasteiger partial charge is 0.480 e. The topological polar surface area (TPSA) is 63.3 Å². The summed E-state index contributed by atoms with van der Waals surface area (Å²) >= 11 is 0. The SMILES string of the molecule is CCC[C@H](C)[C@@H](N)C(=O)O. The van der Waals surface area contributed by atoms with E-state index >= 15 is 0 Å². The molecule has 0 bridgehead atoms. The number of carboxylic acids is 1. The maximum absolute atomic E-state index is 10.3. The highest BCUT2D eigenvalue weighted by Crippen LogP contribution is 2.08. The lowest BCUT2D eigenvalue weighted by Crippen LogP contribution is -2.36. The zero-order valence-electron chi connectivity index (χ0n) is 6.50. The highest BCUT2D eigenvalue weighted by atomic mass is 16.4. The molecule has 10 heavy (non-hydrogen) atoms. The van der Waals surface area contributed by atoms with Crippen molar-refractivity contribution in [3.8, 4) is 0 Å². The standard InChI is InChI=1S/C7H15NO2/c1-3-4-5(2)6(8)7(9)10/h5-6H,3-4,8H2,1-2H3,(H,9,10)/t5-,6+/m0/s1. The minimum absolute atomic E-state index is 0.0856. The second-order valence-corrected chi connectivity index (χ2v) is 2.63. The predicted molar refractivity (Wildman–Crippen MR) is 39.7 cm³/mol. The van der Waals surface area contributed by atoms with Crippen LogP contribution in [0.3, 0.4) is 0 Å². The quantitative estimate of drug-likeness (QED) is 0.616. The Morgan fingerprint density at radius 2 is 2.20 bits per heavy atom. The van der Waals surface area contributed by atoms with Gasteiger partial charge in [0.15, 0.2) is 0 Å². The van der Waals surface area contributed by atoms with Crippen LogP contribution in [-0.4, -0.2) is 17.1 Å². The van der Waals surface area contributed by atoms with E-state index in [4.69, 9.17) is 10.8 Å². The third kappa shape index (κ3) is 2.82. The molecule has 3 N–H and O–H groups in total. The van der Waals surface area contributed by atoms with Gasteiger partial charge in [0.05, 0.1) is 0 Å². The second-order valence-electron chi connectivity index (χ2n) is 2.63. The van der Waals surface area contributed by atoms with Crippen LogP contribution in [0.5, 0.6) is 0 Å². The first-order chi connectivity index (χ1) is 4.59. The van der Waals surface area contributed by atoms with Crippen LogP contribution in [-0.2, 0) is 4.79 Å². The third-order valence-electron chi connectivity index (χ3n) is 1.64. The lowest BCUT2D eigenvalue weighted by molar-refractivity contribution is -0.139. The first-order valence-electron chi connectivity index (χ1n) is 3.58. The Kier molecular flexibility index (Phi) is 4.03. The molecule has 3 nitrogen and oxygen atoms in total. The summed E-state index contributed by atoms with van der Waals surface area (Å²) in [5.41, 5.74) is 5.35. The van der Waals surface area contributed by atoms with Gasteiger partial charge >= 0.3 is 5.97 Å². The molecule has 3 heteroatoms. The van der Waals surface area contributed by atoms with Crippen LogP contribution >= 0.6 is 0 Å². The molecule has 60 valence electrons. The van der Waals surface area contributed by atoms with Gasteiger partial charge in [-0.25, -0.2) is 0 Å². The zero-order valence-corrected chi connectivity index (χ0v) is 6.50. The first-order valence-corrected chi connectivity index (χ1v) is 3.58. The molecule has 0 fully saturated rings. The molecule has 0 spiro atoms. The molecular weight excluding hydrogens is 130 g/mol. The van der Waals surface area contributed by atoms with Crippen LogP contribution in [0.4, 0.5) is 0 Å². The van der Waals surface area contributed by atoms with Crippen molar-refractivity contribution >= 4 is 5.97 Å². The molecule has 0 saturated carbocycles. The minimum atomic E-state index is -0.902. The number of hydrogen-bond donors (Lipinski definition) is 2. The predicted octanol–water partition coefficient (Wildman–Crippen LogP) is 0.834. The van der Waals surface area contributed by atoms with E-state index in [1.54, 1.807) is 0 Å². The Labute approximate surface area is 61.2 Å². The Balaban J connectivity index is 3.69. The van der Waals surface area contributed by atoms with E-state index in [-0.39, 0.29) is 5.92 Å². The highest BCUT2D eigenvalue weighted by molar-refractivity contribution is 5.73. The van der Waals surface area contributed by atoms with Gasteiger partial charge in [-0.15, -0.1) is 0 Å². The van der Waals surface area contributed by atoms with E-state index in [9.17, 15) is 4.79 Å². The van der Waals surface area contributed by atoms with Crippen molar-refractivity contribution in [2.45, 2.75) is 32.7 Å². The summed E-state index contributed by atoms with van der Waals surface area (Å²) in [5, 5.41) is 8.45. The summed E-state index contributed by atoms with van der Waals surface area (Å²) < 4.78 is 0. The van der Waals surface area contributed by atoms with Crippen molar-refractivity contribution in [1.29, 1.82) is 0 Å². The average molecular weight is 145 g/mol. The zero-order chi connectivity index (χ0) is 8.15. The van der Waals surface area contributed by atoms with Gasteiger partial charge < -0.3 is 10.8 Å². The fraction of sp³-hybridized carbons (Fsp3) is 0.857. The van der Waals surface area contributed by atoms with Gasteiger partial charge in [-0.1, -0.05) is 20.3 Å². The molecule has 2 atom stereocenters. The Bertz CT molecular complexity index is 114. The Morgan fingerprint density at radius 3 is 2.50 bits per heavy atom. The number of rotatable bonds is 4. The van der Waals surface area contributed by atoms with Crippen LogP contribution in [0.15, 0.2) is 0 Å². The Hall–Kier alpha value is -0.570. The average Bonchev–Trinajstić information content (AvgIpc) is 1.87. The summed E-state index contributed by atoms with van der Waals surface area (Å²) in [7, 11) is 0. The van der Waals surface area contributed by atoms with Gasteiger partial charge in [-0.3, -0.25) is 4.79 Å². The summed E-state index contributed by atoms with van der Waals surface area (Å²) in [6, 6.07) is -0.694. The molecule has 0 heterocycles. The van der Waals surface area contributed by atoms with E-state index in [0.29, 0.717) is 0 Å². The van der Waals surface area contributed by atoms with E-state index in [1.807, 2.05) is 13.8 Å². The molecule has 0 aromatic heterocycles. The van der Waals surface area contributed by atoms with Crippen molar-refractivity contribution in [3.05, 3.63) is 0 Å². The monoisotopic (exact) mass is 145 g/mol. The second kappa shape index (κ2) is 4.28. The van der Waals surface area contributed by atoms with E-state index in [0.717, 1.165) is 12.8 Å². The molecule has 0 aliphatic rings. The van der Waals surface area contributed by atoms with Crippen molar-refractivity contribution < 1.29 is 9.90 Å². The molecule has 0 aliphatic carbocycles. The lowest BCUT2D eigenvalue weighted by Gasteiger charge is -2.13. The van der Waals surface area contributed by atoms with Gasteiger partial charge in [0.1, 0.15) is 6.04 Å². The van der Waals surface area contributed by atoms with Gasteiger partial charge in [0, 0.05) is 0 Å².